The van der Waals surface area contributed by atoms with E-state index in [1.807, 2.05) is 31.5 Å². The Morgan fingerprint density at radius 2 is 2.00 bits per heavy atom. The summed E-state index contributed by atoms with van der Waals surface area (Å²) in [6, 6.07) is 8.16. The quantitative estimate of drug-likeness (QED) is 0.678. The fourth-order valence-electron chi connectivity index (χ4n) is 0.856. The van der Waals surface area contributed by atoms with Crippen molar-refractivity contribution >= 4 is 23.3 Å². The molecule has 0 aromatic heterocycles. The Balaban J connectivity index is 2.74. The summed E-state index contributed by atoms with van der Waals surface area (Å²) in [5.74, 6) is 0. The molecule has 0 saturated carbocycles. The van der Waals surface area contributed by atoms with Crippen LogP contribution in [0.4, 0.5) is 11.4 Å². The molecule has 0 atom stereocenters. The van der Waals surface area contributed by atoms with E-state index in [4.69, 9.17) is 0 Å². The van der Waals surface area contributed by atoms with Crippen LogP contribution in [0.1, 0.15) is 0 Å². The average Bonchev–Trinajstić information content (AvgIpc) is 2.06. The van der Waals surface area contributed by atoms with Crippen molar-refractivity contribution in [1.29, 1.82) is 0 Å². The zero-order chi connectivity index (χ0) is 8.10. The lowest BCUT2D eigenvalue weighted by molar-refractivity contribution is 1.51. The summed E-state index contributed by atoms with van der Waals surface area (Å²) in [6.07, 6.45) is 2.01. The van der Waals surface area contributed by atoms with Gasteiger partial charge in [0.2, 0.25) is 0 Å². The zero-order valence-electron chi connectivity index (χ0n) is 6.72. The van der Waals surface area contributed by atoms with Crippen molar-refractivity contribution in [2.45, 2.75) is 0 Å². The van der Waals surface area contributed by atoms with E-state index in [0.717, 1.165) is 11.4 Å². The average molecular weight is 168 g/mol. The van der Waals surface area contributed by atoms with Crippen LogP contribution >= 0.6 is 11.9 Å². The van der Waals surface area contributed by atoms with Crippen molar-refractivity contribution in [3.8, 4) is 0 Å². The second-order valence-corrected chi connectivity index (χ2v) is 2.75. The maximum atomic E-state index is 3.16. The monoisotopic (exact) mass is 168 g/mol. The fraction of sp³-hybridized carbons (Fsp3) is 0.250. The predicted octanol–water partition coefficient (Wildman–Crippen LogP) is 2.42. The molecule has 0 unspecified atom stereocenters. The Labute approximate surface area is 71.5 Å². The molecule has 2 nitrogen and oxygen atoms in total. The molecule has 0 spiro atoms. The van der Waals surface area contributed by atoms with Gasteiger partial charge in [-0.3, -0.25) is 0 Å². The minimum atomic E-state index is 1.13. The third-order valence-corrected chi connectivity index (χ3v) is 1.81. The fourth-order valence-corrected chi connectivity index (χ4v) is 1.22. The Hall–Kier alpha value is -0.830. The maximum Gasteiger partial charge on any atom is 0.0460 e. The molecule has 0 heterocycles. The highest BCUT2D eigenvalue weighted by atomic mass is 32.2. The lowest BCUT2D eigenvalue weighted by Crippen LogP contribution is -1.89. The Bertz CT molecular complexity index is 225. The van der Waals surface area contributed by atoms with Crippen LogP contribution in [-0.4, -0.2) is 13.3 Å². The van der Waals surface area contributed by atoms with Crippen LogP contribution in [-0.2, 0) is 0 Å². The molecule has 1 aromatic rings. The van der Waals surface area contributed by atoms with Gasteiger partial charge in [0.25, 0.3) is 0 Å². The van der Waals surface area contributed by atoms with Gasteiger partial charge in [-0.25, -0.2) is 0 Å². The smallest absolute Gasteiger partial charge is 0.0460 e. The van der Waals surface area contributed by atoms with E-state index in [1.54, 1.807) is 11.9 Å². The number of benzene rings is 1. The molecule has 1 aromatic carbocycles. The maximum absolute atomic E-state index is 3.16. The van der Waals surface area contributed by atoms with E-state index < -0.39 is 0 Å². The van der Waals surface area contributed by atoms with Gasteiger partial charge in [-0.05, 0) is 18.2 Å². The van der Waals surface area contributed by atoms with Gasteiger partial charge >= 0.3 is 0 Å². The lowest BCUT2D eigenvalue weighted by Gasteiger charge is -2.04. The van der Waals surface area contributed by atoms with Gasteiger partial charge in [0.1, 0.15) is 0 Å². The topological polar surface area (TPSA) is 24.1 Å². The van der Waals surface area contributed by atoms with Gasteiger partial charge in [0, 0.05) is 24.7 Å². The molecular formula is C8H12N2S. The van der Waals surface area contributed by atoms with Crippen molar-refractivity contribution in [2.24, 2.45) is 0 Å². The third kappa shape index (κ3) is 2.35. The van der Waals surface area contributed by atoms with E-state index >= 15 is 0 Å². The highest BCUT2D eigenvalue weighted by Gasteiger charge is 1.90. The van der Waals surface area contributed by atoms with Crippen molar-refractivity contribution in [3.63, 3.8) is 0 Å². The van der Waals surface area contributed by atoms with E-state index in [2.05, 4.69) is 16.1 Å². The first kappa shape index (κ1) is 8.27. The molecule has 0 amide bonds. The number of nitrogens with one attached hydrogen (secondary N) is 2. The van der Waals surface area contributed by atoms with Crippen LogP contribution in [0.15, 0.2) is 24.3 Å². The van der Waals surface area contributed by atoms with Gasteiger partial charge < -0.3 is 10.0 Å². The van der Waals surface area contributed by atoms with Crippen LogP contribution < -0.4 is 10.0 Å². The molecule has 0 aliphatic carbocycles. The van der Waals surface area contributed by atoms with Gasteiger partial charge in [0.05, 0.1) is 0 Å². The van der Waals surface area contributed by atoms with Crippen molar-refractivity contribution in [2.75, 3.05) is 23.3 Å². The number of anilines is 2. The largest absolute Gasteiger partial charge is 0.388 e. The summed E-state index contributed by atoms with van der Waals surface area (Å²) in [5, 5.41) is 3.08. The third-order valence-electron chi connectivity index (χ3n) is 1.37. The van der Waals surface area contributed by atoms with Crippen LogP contribution in [0.2, 0.25) is 0 Å². The van der Waals surface area contributed by atoms with Crippen LogP contribution in [0.3, 0.4) is 0 Å². The van der Waals surface area contributed by atoms with Crippen molar-refractivity contribution in [3.05, 3.63) is 24.3 Å². The molecular weight excluding hydrogens is 156 g/mol. The summed E-state index contributed by atoms with van der Waals surface area (Å²) < 4.78 is 3.16. The summed E-state index contributed by atoms with van der Waals surface area (Å²) in [4.78, 5) is 0. The second-order valence-electron chi connectivity index (χ2n) is 2.14. The number of hydrogen-bond acceptors (Lipinski definition) is 3. The molecule has 1 rings (SSSR count). The summed E-state index contributed by atoms with van der Waals surface area (Å²) >= 11 is 1.60. The molecule has 0 radical (unpaired) electrons. The van der Waals surface area contributed by atoms with Crippen LogP contribution in [0.25, 0.3) is 0 Å². The molecule has 11 heavy (non-hydrogen) atoms. The molecule has 0 saturated heterocycles. The summed E-state index contributed by atoms with van der Waals surface area (Å²) in [7, 11) is 1.91. The molecule has 0 aliphatic heterocycles. The Kier molecular flexibility index (Phi) is 3.11. The van der Waals surface area contributed by atoms with E-state index in [1.165, 1.54) is 0 Å². The highest BCUT2D eigenvalue weighted by molar-refractivity contribution is 7.99. The first-order chi connectivity index (χ1) is 5.36. The minimum absolute atomic E-state index is 1.13. The van der Waals surface area contributed by atoms with Gasteiger partial charge in [0.15, 0.2) is 0 Å². The summed E-state index contributed by atoms with van der Waals surface area (Å²) in [6.45, 7) is 0. The molecule has 0 bridgehead atoms. The number of hydrogen-bond donors (Lipinski definition) is 2. The molecule has 3 heteroatoms. The zero-order valence-corrected chi connectivity index (χ0v) is 7.53. The van der Waals surface area contributed by atoms with Crippen molar-refractivity contribution < 1.29 is 0 Å². The second kappa shape index (κ2) is 4.13. The van der Waals surface area contributed by atoms with Crippen LogP contribution in [0.5, 0.6) is 0 Å². The lowest BCUT2D eigenvalue weighted by atomic mass is 10.3. The predicted molar refractivity (Wildman–Crippen MR) is 53.1 cm³/mol. The summed E-state index contributed by atoms with van der Waals surface area (Å²) in [5.41, 5.74) is 2.26. The standard InChI is InChI=1S/C8H12N2S/c1-9-7-4-3-5-8(6-7)10-11-2/h3-6,9-10H,1-2H3. The first-order valence-corrected chi connectivity index (χ1v) is 4.66. The first-order valence-electron chi connectivity index (χ1n) is 3.43. The SMILES string of the molecule is CNc1cccc(NSC)c1. The number of rotatable bonds is 3. The van der Waals surface area contributed by atoms with Gasteiger partial charge in [-0.1, -0.05) is 18.0 Å². The molecule has 0 fully saturated rings. The van der Waals surface area contributed by atoms with E-state index in [0.29, 0.717) is 0 Å². The molecule has 60 valence electrons. The molecule has 2 N–H and O–H groups in total. The minimum Gasteiger partial charge on any atom is -0.388 e. The van der Waals surface area contributed by atoms with E-state index in [9.17, 15) is 0 Å². The Morgan fingerprint density at radius 3 is 2.64 bits per heavy atom. The normalized spacial score (nSPS) is 9.27. The van der Waals surface area contributed by atoms with Gasteiger partial charge in [-0.2, -0.15) is 0 Å². The van der Waals surface area contributed by atoms with Crippen LogP contribution in [0, 0.1) is 0 Å². The Morgan fingerprint density at radius 1 is 1.27 bits per heavy atom. The van der Waals surface area contributed by atoms with Crippen molar-refractivity contribution in [1.82, 2.24) is 0 Å². The van der Waals surface area contributed by atoms with E-state index in [-0.39, 0.29) is 0 Å². The molecule has 0 aliphatic rings. The van der Waals surface area contributed by atoms with Gasteiger partial charge in [-0.15, -0.1) is 0 Å². The highest BCUT2D eigenvalue weighted by Crippen LogP contribution is 2.16.